The lowest BCUT2D eigenvalue weighted by Crippen LogP contribution is -2.34. The molecule has 0 saturated carbocycles. The van der Waals surface area contributed by atoms with Crippen molar-refractivity contribution in [2.24, 2.45) is 0 Å². The zero-order chi connectivity index (χ0) is 24.5. The molecule has 0 fully saturated rings. The number of hydrogen-bond donors (Lipinski definition) is 1. The number of benzene rings is 2. The number of nitrogens with one attached hydrogen (secondary N) is 1. The molecule has 34 heavy (non-hydrogen) atoms. The predicted octanol–water partition coefficient (Wildman–Crippen LogP) is 5.07. The number of anilines is 2. The molecule has 0 spiro atoms. The van der Waals surface area contributed by atoms with Crippen LogP contribution in [0, 0.1) is 5.82 Å². The van der Waals surface area contributed by atoms with E-state index in [0.717, 1.165) is 31.6 Å². The fourth-order valence-corrected chi connectivity index (χ4v) is 3.94. The number of amides is 2. The maximum absolute atomic E-state index is 13.5. The Morgan fingerprint density at radius 2 is 1.53 bits per heavy atom. The van der Waals surface area contributed by atoms with Gasteiger partial charge in [0.25, 0.3) is 11.8 Å². The quantitative estimate of drug-likeness (QED) is 0.329. The van der Waals surface area contributed by atoms with Crippen molar-refractivity contribution >= 4 is 28.8 Å². The van der Waals surface area contributed by atoms with Crippen molar-refractivity contribution in [3.63, 3.8) is 0 Å². The smallest absolute Gasteiger partial charge is 0.278 e. The molecule has 0 saturated heterocycles. The van der Waals surface area contributed by atoms with Gasteiger partial charge in [-0.05, 0) is 68.7 Å². The van der Waals surface area contributed by atoms with Crippen LogP contribution in [0.4, 0.5) is 15.8 Å². The van der Waals surface area contributed by atoms with Gasteiger partial charge in [-0.25, -0.2) is 4.39 Å². The van der Waals surface area contributed by atoms with Crippen LogP contribution in [-0.4, -0.2) is 49.6 Å². The van der Waals surface area contributed by atoms with E-state index in [1.54, 1.807) is 0 Å². The minimum absolute atomic E-state index is 0.207. The van der Waals surface area contributed by atoms with Crippen LogP contribution in [0.5, 0.6) is 0 Å². The van der Waals surface area contributed by atoms with Crippen LogP contribution < -0.4 is 10.2 Å². The van der Waals surface area contributed by atoms with E-state index in [4.69, 9.17) is 4.74 Å². The van der Waals surface area contributed by atoms with Gasteiger partial charge < -0.3 is 15.0 Å². The summed E-state index contributed by atoms with van der Waals surface area (Å²) in [5.74, 6) is -1.16. The number of hydrogen-bond acceptors (Lipinski definition) is 5. The van der Waals surface area contributed by atoms with Gasteiger partial charge in [0.05, 0.1) is 5.57 Å². The highest BCUT2D eigenvalue weighted by atomic mass is 19.1. The number of rotatable bonds is 13. The first-order valence-corrected chi connectivity index (χ1v) is 12.1. The molecule has 182 valence electrons. The first kappa shape index (κ1) is 25.4. The van der Waals surface area contributed by atoms with Crippen LogP contribution in [0.2, 0.25) is 0 Å². The molecule has 0 aliphatic carbocycles. The molecule has 1 aliphatic heterocycles. The van der Waals surface area contributed by atoms with E-state index < -0.39 is 5.82 Å². The normalized spacial score (nSPS) is 13.7. The second-order valence-electron chi connectivity index (χ2n) is 8.18. The fraction of sp³-hybridized carbons (Fsp3) is 0.407. The molecule has 1 aliphatic rings. The van der Waals surface area contributed by atoms with Crippen molar-refractivity contribution in [3.8, 4) is 0 Å². The Kier molecular flexibility index (Phi) is 9.22. The van der Waals surface area contributed by atoms with Gasteiger partial charge in [0.15, 0.2) is 0 Å². The Labute approximate surface area is 201 Å². The maximum atomic E-state index is 13.5. The van der Waals surface area contributed by atoms with Crippen LogP contribution in [0.3, 0.4) is 0 Å². The average molecular weight is 468 g/mol. The molecule has 3 rings (SSSR count). The second-order valence-corrected chi connectivity index (χ2v) is 8.18. The minimum Gasteiger partial charge on any atom is -0.381 e. The Balaban J connectivity index is 1.82. The molecule has 2 aromatic carbocycles. The third-order valence-corrected chi connectivity index (χ3v) is 5.88. The lowest BCUT2D eigenvalue weighted by atomic mass is 10.0. The summed E-state index contributed by atoms with van der Waals surface area (Å²) in [6, 6.07) is 13.4. The molecular formula is C27H34FN3O3. The number of carbonyl (C=O) groups excluding carboxylic acids is 2. The summed E-state index contributed by atoms with van der Waals surface area (Å²) in [6.07, 6.45) is 2.60. The summed E-state index contributed by atoms with van der Waals surface area (Å²) in [4.78, 5) is 30.0. The first-order valence-electron chi connectivity index (χ1n) is 12.1. The first-order chi connectivity index (χ1) is 16.5. The number of ether oxygens (including phenoxy) is 1. The van der Waals surface area contributed by atoms with Crippen LogP contribution in [0.1, 0.15) is 45.6 Å². The van der Waals surface area contributed by atoms with Crippen molar-refractivity contribution in [2.75, 3.05) is 43.1 Å². The molecule has 0 atom stereocenters. The number of halogens is 1. The van der Waals surface area contributed by atoms with Crippen LogP contribution in [0.25, 0.3) is 5.57 Å². The third kappa shape index (κ3) is 6.03. The molecule has 1 N–H and O–H groups in total. The highest BCUT2D eigenvalue weighted by Crippen LogP contribution is 2.31. The van der Waals surface area contributed by atoms with Gasteiger partial charge in [-0.3, -0.25) is 14.5 Å². The third-order valence-electron chi connectivity index (χ3n) is 5.88. The van der Waals surface area contributed by atoms with E-state index in [-0.39, 0.29) is 29.6 Å². The van der Waals surface area contributed by atoms with E-state index in [9.17, 15) is 14.0 Å². The zero-order valence-corrected chi connectivity index (χ0v) is 20.3. The highest BCUT2D eigenvalue weighted by molar-refractivity contribution is 6.36. The highest BCUT2D eigenvalue weighted by Gasteiger charge is 2.38. The van der Waals surface area contributed by atoms with Crippen molar-refractivity contribution in [2.45, 2.75) is 40.0 Å². The molecule has 0 radical (unpaired) electrons. The number of imide groups is 1. The fourth-order valence-electron chi connectivity index (χ4n) is 3.94. The van der Waals surface area contributed by atoms with Crippen LogP contribution in [0.15, 0.2) is 54.2 Å². The maximum Gasteiger partial charge on any atom is 0.278 e. The van der Waals surface area contributed by atoms with Crippen LogP contribution >= 0.6 is 0 Å². The van der Waals surface area contributed by atoms with Crippen molar-refractivity contribution in [1.29, 1.82) is 0 Å². The number of nitrogens with zero attached hydrogens (tertiary/aromatic N) is 2. The molecule has 0 bridgehead atoms. The van der Waals surface area contributed by atoms with E-state index in [1.165, 1.54) is 29.2 Å². The van der Waals surface area contributed by atoms with Gasteiger partial charge in [0.2, 0.25) is 0 Å². The number of unbranched alkanes of at least 4 members (excludes halogenated alkanes) is 1. The topological polar surface area (TPSA) is 61.9 Å². The lowest BCUT2D eigenvalue weighted by Gasteiger charge is -2.21. The zero-order valence-electron chi connectivity index (χ0n) is 20.3. The van der Waals surface area contributed by atoms with Crippen LogP contribution in [-0.2, 0) is 14.3 Å². The summed E-state index contributed by atoms with van der Waals surface area (Å²) in [7, 11) is 0. The Hall–Kier alpha value is -3.19. The van der Waals surface area contributed by atoms with E-state index >= 15 is 0 Å². The van der Waals surface area contributed by atoms with Gasteiger partial charge in [0.1, 0.15) is 11.5 Å². The molecule has 2 amide bonds. The van der Waals surface area contributed by atoms with Gasteiger partial charge in [-0.1, -0.05) is 25.5 Å². The monoisotopic (exact) mass is 467 g/mol. The van der Waals surface area contributed by atoms with Gasteiger partial charge in [-0.2, -0.15) is 0 Å². The van der Waals surface area contributed by atoms with Crippen molar-refractivity contribution in [1.82, 2.24) is 4.90 Å². The Bertz CT molecular complexity index is 999. The SMILES string of the molecule is CCCCOCCCN1C(=O)C(Nc2ccc(N(CC)CC)cc2)=C(c2ccc(F)cc2)C1=O. The van der Waals surface area contributed by atoms with E-state index in [2.05, 4.69) is 31.0 Å². The molecular weight excluding hydrogens is 433 g/mol. The summed E-state index contributed by atoms with van der Waals surface area (Å²) in [5.41, 5.74) is 2.76. The standard InChI is InChI=1S/C27H34FN3O3/c1-4-7-18-34-19-8-17-31-26(32)24(20-9-11-21(28)12-10-20)25(27(31)33)29-22-13-15-23(16-14-22)30(5-2)6-3/h9-16,29H,4-8,17-19H2,1-3H3. The molecule has 6 nitrogen and oxygen atoms in total. The van der Waals surface area contributed by atoms with Crippen molar-refractivity contribution < 1.29 is 18.7 Å². The number of carbonyl (C=O) groups is 2. The van der Waals surface area contributed by atoms with Crippen molar-refractivity contribution in [3.05, 3.63) is 65.6 Å². The lowest BCUT2D eigenvalue weighted by molar-refractivity contribution is -0.137. The molecule has 1 heterocycles. The summed E-state index contributed by atoms with van der Waals surface area (Å²) in [5, 5.41) is 3.16. The molecule has 2 aromatic rings. The second kappa shape index (κ2) is 12.3. The molecule has 0 aromatic heterocycles. The Morgan fingerprint density at radius 3 is 2.15 bits per heavy atom. The molecule has 7 heteroatoms. The van der Waals surface area contributed by atoms with Gasteiger partial charge >= 0.3 is 0 Å². The summed E-state index contributed by atoms with van der Waals surface area (Å²) in [6.45, 7) is 9.51. The van der Waals surface area contributed by atoms with Gasteiger partial charge in [-0.15, -0.1) is 0 Å². The largest absolute Gasteiger partial charge is 0.381 e. The van der Waals surface area contributed by atoms with E-state index in [1.807, 2.05) is 24.3 Å². The Morgan fingerprint density at radius 1 is 0.882 bits per heavy atom. The van der Waals surface area contributed by atoms with Gasteiger partial charge in [0, 0.05) is 44.2 Å². The molecule has 0 unspecified atom stereocenters. The summed E-state index contributed by atoms with van der Waals surface area (Å²) >= 11 is 0. The minimum atomic E-state index is -0.399. The average Bonchev–Trinajstić information content (AvgIpc) is 3.07. The summed E-state index contributed by atoms with van der Waals surface area (Å²) < 4.78 is 19.1. The van der Waals surface area contributed by atoms with E-state index in [0.29, 0.717) is 30.9 Å². The predicted molar refractivity (Wildman–Crippen MR) is 134 cm³/mol.